The number of nitrogen functional groups attached to an aromatic ring is 1. The number of aromatic nitrogens is 4. The predicted octanol–water partition coefficient (Wildman–Crippen LogP) is -0.264. The molecule has 0 spiro atoms. The van der Waals surface area contributed by atoms with Crippen LogP contribution in [-0.4, -0.2) is 67.1 Å². The summed E-state index contributed by atoms with van der Waals surface area (Å²) in [5, 5.41) is 4.07. The lowest BCUT2D eigenvalue weighted by Crippen LogP contribution is -2.52. The number of rotatable bonds is 5. The van der Waals surface area contributed by atoms with Crippen molar-refractivity contribution in [3.8, 4) is 0 Å². The van der Waals surface area contributed by atoms with Crippen LogP contribution in [0.25, 0.3) is 0 Å². The van der Waals surface area contributed by atoms with Crippen molar-refractivity contribution in [3.63, 3.8) is 0 Å². The van der Waals surface area contributed by atoms with E-state index in [0.29, 0.717) is 31.3 Å². The summed E-state index contributed by atoms with van der Waals surface area (Å²) in [5.41, 5.74) is 4.39. The number of piperazine rings is 1. The average molecular weight is 434 g/mol. The molecule has 3 rings (SSSR count). The fourth-order valence-corrected chi connectivity index (χ4v) is 3.60. The van der Waals surface area contributed by atoms with Gasteiger partial charge in [0.2, 0.25) is 5.89 Å². The number of Topliss-reactive ketones (excluding diaryl/α,β-unsaturated/α-hetero) is 1. The largest absolute Gasteiger partial charge is 0.384 e. The van der Waals surface area contributed by atoms with Gasteiger partial charge in [0, 0.05) is 45.7 Å². The topological polar surface area (TPSA) is 132 Å². The Labute approximate surface area is 180 Å². The van der Waals surface area contributed by atoms with Gasteiger partial charge in [0.05, 0.1) is 12.6 Å². The molecule has 2 aromatic heterocycles. The average Bonchev–Trinajstić information content (AvgIpc) is 3.20. The highest BCUT2D eigenvalue weighted by Crippen LogP contribution is 2.20. The molecule has 11 nitrogen and oxygen atoms in total. The lowest BCUT2D eigenvalue weighted by atomic mass is 9.97. The van der Waals surface area contributed by atoms with Crippen molar-refractivity contribution in [2.75, 3.05) is 31.9 Å². The number of carbonyl (C=O) groups is 1. The van der Waals surface area contributed by atoms with E-state index in [1.807, 2.05) is 25.7 Å². The molecule has 1 saturated heterocycles. The van der Waals surface area contributed by atoms with Gasteiger partial charge in [0.15, 0.2) is 11.6 Å². The fraction of sp³-hybridized carbons (Fsp3) is 0.650. The van der Waals surface area contributed by atoms with Crippen LogP contribution >= 0.6 is 0 Å². The van der Waals surface area contributed by atoms with Crippen LogP contribution in [0.5, 0.6) is 0 Å². The van der Waals surface area contributed by atoms with Crippen LogP contribution < -0.4 is 17.0 Å². The Kier molecular flexibility index (Phi) is 6.19. The van der Waals surface area contributed by atoms with Gasteiger partial charge >= 0.3 is 5.69 Å². The Bertz CT molecular complexity index is 1080. The molecule has 1 aliphatic heterocycles. The summed E-state index contributed by atoms with van der Waals surface area (Å²) >= 11 is 0. The maximum absolute atomic E-state index is 13.1. The number of hydrogen-bond acceptors (Lipinski definition) is 9. The van der Waals surface area contributed by atoms with E-state index in [-0.39, 0.29) is 22.6 Å². The molecular weight excluding hydrogens is 402 g/mol. The molecule has 31 heavy (non-hydrogen) atoms. The Balaban J connectivity index is 1.66. The molecule has 11 heteroatoms. The summed E-state index contributed by atoms with van der Waals surface area (Å²) < 4.78 is 7.38. The third-order valence-electron chi connectivity index (χ3n) is 5.77. The van der Waals surface area contributed by atoms with Crippen LogP contribution in [0.1, 0.15) is 49.8 Å². The van der Waals surface area contributed by atoms with Gasteiger partial charge in [-0.25, -0.2) is 4.79 Å². The molecule has 0 unspecified atom stereocenters. The van der Waals surface area contributed by atoms with Gasteiger partial charge in [0.1, 0.15) is 11.4 Å². The van der Waals surface area contributed by atoms with E-state index >= 15 is 0 Å². The molecule has 1 aliphatic rings. The molecule has 0 aliphatic carbocycles. The van der Waals surface area contributed by atoms with Crippen molar-refractivity contribution in [2.24, 2.45) is 14.1 Å². The van der Waals surface area contributed by atoms with E-state index in [9.17, 15) is 14.4 Å². The van der Waals surface area contributed by atoms with E-state index in [0.717, 1.165) is 22.2 Å². The highest BCUT2D eigenvalue weighted by atomic mass is 16.5. The first-order chi connectivity index (χ1) is 14.4. The molecule has 1 atom stereocenters. The zero-order valence-electron chi connectivity index (χ0n) is 19.0. The zero-order chi connectivity index (χ0) is 23.1. The van der Waals surface area contributed by atoms with Crippen molar-refractivity contribution in [1.29, 1.82) is 0 Å². The summed E-state index contributed by atoms with van der Waals surface area (Å²) in [6.07, 6.45) is 0. The summed E-state index contributed by atoms with van der Waals surface area (Å²) in [4.78, 5) is 46.3. The molecule has 170 valence electrons. The summed E-state index contributed by atoms with van der Waals surface area (Å²) in [5.74, 6) is 0.770. The standard InChI is InChI=1S/C20H31N7O4/c1-12(15(28)14-16(21)24(5)19(30)25(6)17(14)29)27-9-7-26(8-10-27)11-13-22-18(31-23-13)20(2,3)4/h12H,7-11,21H2,1-6H3/t12-/m1/s1. The summed E-state index contributed by atoms with van der Waals surface area (Å²) in [6.45, 7) is 11.1. The van der Waals surface area contributed by atoms with Crippen LogP contribution in [0.2, 0.25) is 0 Å². The number of ketones is 1. The highest BCUT2D eigenvalue weighted by molar-refractivity contribution is 6.03. The predicted molar refractivity (Wildman–Crippen MR) is 115 cm³/mol. The second-order valence-corrected chi connectivity index (χ2v) is 9.08. The Morgan fingerprint density at radius 2 is 1.74 bits per heavy atom. The van der Waals surface area contributed by atoms with Gasteiger partial charge in [-0.15, -0.1) is 0 Å². The van der Waals surface area contributed by atoms with Crippen LogP contribution in [0.3, 0.4) is 0 Å². The molecule has 0 radical (unpaired) electrons. The maximum atomic E-state index is 13.1. The highest BCUT2D eigenvalue weighted by Gasteiger charge is 2.31. The van der Waals surface area contributed by atoms with Crippen LogP contribution in [0, 0.1) is 0 Å². The maximum Gasteiger partial charge on any atom is 0.332 e. The van der Waals surface area contributed by atoms with Crippen molar-refractivity contribution < 1.29 is 9.32 Å². The lowest BCUT2D eigenvalue weighted by Gasteiger charge is -2.37. The lowest BCUT2D eigenvalue weighted by molar-refractivity contribution is 0.0679. The van der Waals surface area contributed by atoms with Gasteiger partial charge < -0.3 is 10.3 Å². The minimum Gasteiger partial charge on any atom is -0.384 e. The molecular formula is C20H31N7O4. The van der Waals surface area contributed by atoms with E-state index in [4.69, 9.17) is 10.3 Å². The van der Waals surface area contributed by atoms with Crippen LogP contribution in [0.4, 0.5) is 5.82 Å². The van der Waals surface area contributed by atoms with E-state index in [2.05, 4.69) is 15.0 Å². The van der Waals surface area contributed by atoms with E-state index in [1.165, 1.54) is 14.1 Å². The summed E-state index contributed by atoms with van der Waals surface area (Å²) in [7, 11) is 2.79. The molecule has 3 heterocycles. The normalized spacial score (nSPS) is 17.1. The van der Waals surface area contributed by atoms with E-state index in [1.54, 1.807) is 6.92 Å². The van der Waals surface area contributed by atoms with Crippen molar-refractivity contribution in [1.82, 2.24) is 29.1 Å². The number of hydrogen-bond donors (Lipinski definition) is 1. The van der Waals surface area contributed by atoms with Gasteiger partial charge in [-0.1, -0.05) is 25.9 Å². The van der Waals surface area contributed by atoms with Gasteiger partial charge in [0.25, 0.3) is 5.56 Å². The Morgan fingerprint density at radius 1 is 1.13 bits per heavy atom. The van der Waals surface area contributed by atoms with E-state index < -0.39 is 17.3 Å². The molecule has 2 N–H and O–H groups in total. The zero-order valence-corrected chi connectivity index (χ0v) is 19.0. The fourth-order valence-electron chi connectivity index (χ4n) is 3.60. The molecule has 0 bridgehead atoms. The second-order valence-electron chi connectivity index (χ2n) is 9.08. The number of anilines is 1. The second kappa shape index (κ2) is 8.39. The first-order valence-corrected chi connectivity index (χ1v) is 10.3. The Hall–Kier alpha value is -2.79. The number of nitrogens with zero attached hydrogens (tertiary/aromatic N) is 6. The molecule has 1 fully saturated rings. The van der Waals surface area contributed by atoms with Gasteiger partial charge in [-0.05, 0) is 6.92 Å². The SMILES string of the molecule is C[C@H](C(=O)c1c(N)n(C)c(=O)n(C)c1=O)N1CCN(Cc2noc(C(C)(C)C)n2)CC1. The van der Waals surface area contributed by atoms with Crippen molar-refractivity contribution in [2.45, 2.75) is 45.7 Å². The molecule has 0 amide bonds. The molecule has 0 aromatic carbocycles. The third-order valence-corrected chi connectivity index (χ3v) is 5.77. The van der Waals surface area contributed by atoms with Gasteiger partial charge in [-0.2, -0.15) is 4.98 Å². The Morgan fingerprint density at radius 3 is 2.29 bits per heavy atom. The van der Waals surface area contributed by atoms with Crippen molar-refractivity contribution in [3.05, 3.63) is 38.1 Å². The monoisotopic (exact) mass is 433 g/mol. The minimum atomic E-state index is -0.664. The first kappa shape index (κ1) is 22.9. The quantitative estimate of drug-likeness (QED) is 0.633. The summed E-state index contributed by atoms with van der Waals surface area (Å²) in [6, 6.07) is -0.535. The first-order valence-electron chi connectivity index (χ1n) is 10.3. The smallest absolute Gasteiger partial charge is 0.332 e. The third kappa shape index (κ3) is 4.47. The number of nitrogens with two attached hydrogens (primary N) is 1. The van der Waals surface area contributed by atoms with Gasteiger partial charge in [-0.3, -0.25) is 28.5 Å². The minimum absolute atomic E-state index is 0.102. The van der Waals surface area contributed by atoms with Crippen molar-refractivity contribution >= 4 is 11.6 Å². The molecule has 2 aromatic rings. The number of carbonyl (C=O) groups excluding carboxylic acids is 1. The van der Waals surface area contributed by atoms with Crippen LogP contribution in [0.15, 0.2) is 14.1 Å². The van der Waals surface area contributed by atoms with Crippen LogP contribution in [-0.2, 0) is 26.1 Å². The molecule has 0 saturated carbocycles.